The van der Waals surface area contributed by atoms with Crippen LogP contribution in [-0.2, 0) is 9.53 Å². The van der Waals surface area contributed by atoms with Gasteiger partial charge in [-0.15, -0.1) is 0 Å². The highest BCUT2D eigenvalue weighted by Gasteiger charge is 2.37. The minimum Gasteiger partial charge on any atom is -0.445 e. The number of ether oxygens (including phenoxy) is 1. The van der Waals surface area contributed by atoms with Gasteiger partial charge in [0.15, 0.2) is 5.78 Å². The second kappa shape index (κ2) is 5.69. The SMILES string of the molecule is CC(=O)C1=C(C)OC(N)=C(C#N)C1c1ccccc1[N+](=O)[O-]. The molecular weight excluding hydrogens is 286 g/mol. The van der Waals surface area contributed by atoms with Gasteiger partial charge < -0.3 is 10.5 Å². The van der Waals surface area contributed by atoms with Crippen LogP contribution in [0.5, 0.6) is 0 Å². The molecule has 1 unspecified atom stereocenters. The molecule has 1 heterocycles. The van der Waals surface area contributed by atoms with Crippen LogP contribution in [0, 0.1) is 21.4 Å². The van der Waals surface area contributed by atoms with E-state index in [9.17, 15) is 20.2 Å². The second-order valence-electron chi connectivity index (χ2n) is 4.77. The lowest BCUT2D eigenvalue weighted by atomic mass is 9.81. The van der Waals surface area contributed by atoms with Gasteiger partial charge in [0.05, 0.1) is 10.8 Å². The van der Waals surface area contributed by atoms with Crippen molar-refractivity contribution in [1.29, 1.82) is 5.26 Å². The number of benzene rings is 1. The van der Waals surface area contributed by atoms with E-state index in [4.69, 9.17) is 10.5 Å². The molecule has 0 spiro atoms. The summed E-state index contributed by atoms with van der Waals surface area (Å²) in [4.78, 5) is 22.7. The maximum absolute atomic E-state index is 12.0. The zero-order valence-corrected chi connectivity index (χ0v) is 12.0. The van der Waals surface area contributed by atoms with Crippen molar-refractivity contribution in [3.63, 3.8) is 0 Å². The van der Waals surface area contributed by atoms with Gasteiger partial charge in [0.2, 0.25) is 5.88 Å². The average molecular weight is 299 g/mol. The number of nitro groups is 1. The molecule has 0 radical (unpaired) electrons. The summed E-state index contributed by atoms with van der Waals surface area (Å²) in [6, 6.07) is 7.85. The molecule has 0 aliphatic carbocycles. The molecule has 112 valence electrons. The molecule has 1 aromatic rings. The van der Waals surface area contributed by atoms with Gasteiger partial charge in [-0.1, -0.05) is 18.2 Å². The summed E-state index contributed by atoms with van der Waals surface area (Å²) in [5, 5.41) is 20.6. The highest BCUT2D eigenvalue weighted by molar-refractivity contribution is 5.97. The van der Waals surface area contributed by atoms with Gasteiger partial charge in [0, 0.05) is 17.2 Å². The van der Waals surface area contributed by atoms with Crippen LogP contribution in [0.4, 0.5) is 5.69 Å². The number of carbonyl (C=O) groups excluding carboxylic acids is 1. The van der Waals surface area contributed by atoms with Crippen LogP contribution in [0.1, 0.15) is 25.3 Å². The Morgan fingerprint density at radius 3 is 2.64 bits per heavy atom. The van der Waals surface area contributed by atoms with E-state index >= 15 is 0 Å². The lowest BCUT2D eigenvalue weighted by molar-refractivity contribution is -0.385. The maximum atomic E-state index is 12.0. The minimum atomic E-state index is -0.905. The van der Waals surface area contributed by atoms with E-state index in [-0.39, 0.29) is 39.8 Å². The fraction of sp³-hybridized carbons (Fsp3) is 0.200. The quantitative estimate of drug-likeness (QED) is 0.675. The number of carbonyl (C=O) groups is 1. The van der Waals surface area contributed by atoms with Gasteiger partial charge >= 0.3 is 0 Å². The first kappa shape index (κ1) is 15.3. The molecule has 0 aromatic heterocycles. The number of nitrogens with two attached hydrogens (primary N) is 1. The van der Waals surface area contributed by atoms with E-state index in [2.05, 4.69) is 0 Å². The summed E-state index contributed by atoms with van der Waals surface area (Å²) < 4.78 is 5.24. The Hall–Kier alpha value is -3.14. The number of nitriles is 1. The molecule has 0 saturated carbocycles. The molecule has 1 aromatic carbocycles. The Morgan fingerprint density at radius 1 is 1.45 bits per heavy atom. The lowest BCUT2D eigenvalue weighted by Crippen LogP contribution is -2.23. The lowest BCUT2D eigenvalue weighted by Gasteiger charge is -2.26. The predicted octanol–water partition coefficient (Wildman–Crippen LogP) is 2.27. The summed E-state index contributed by atoms with van der Waals surface area (Å²) in [5.41, 5.74) is 5.96. The van der Waals surface area contributed by atoms with Crippen molar-refractivity contribution in [2.45, 2.75) is 19.8 Å². The monoisotopic (exact) mass is 299 g/mol. The molecule has 1 atom stereocenters. The minimum absolute atomic E-state index is 0.00917. The van der Waals surface area contributed by atoms with E-state index in [1.165, 1.54) is 25.1 Å². The number of nitro benzene ring substituents is 1. The zero-order chi connectivity index (χ0) is 16.4. The van der Waals surface area contributed by atoms with Gasteiger partial charge in [0.1, 0.15) is 17.4 Å². The van der Waals surface area contributed by atoms with Crippen LogP contribution in [-0.4, -0.2) is 10.7 Å². The van der Waals surface area contributed by atoms with Crippen molar-refractivity contribution in [1.82, 2.24) is 0 Å². The molecular formula is C15H13N3O4. The van der Waals surface area contributed by atoms with Crippen LogP contribution >= 0.6 is 0 Å². The highest BCUT2D eigenvalue weighted by Crippen LogP contribution is 2.42. The topological polar surface area (TPSA) is 119 Å². The number of ketones is 1. The Labute approximate surface area is 126 Å². The summed E-state index contributed by atoms with van der Waals surface area (Å²) in [7, 11) is 0. The number of hydrogen-bond donors (Lipinski definition) is 1. The van der Waals surface area contributed by atoms with Gasteiger partial charge in [-0.05, 0) is 13.8 Å². The van der Waals surface area contributed by atoms with Gasteiger partial charge in [-0.3, -0.25) is 14.9 Å². The average Bonchev–Trinajstić information content (AvgIpc) is 2.45. The first-order valence-corrected chi connectivity index (χ1v) is 6.41. The van der Waals surface area contributed by atoms with Crippen LogP contribution in [0.3, 0.4) is 0 Å². The summed E-state index contributed by atoms with van der Waals surface area (Å²) in [5.74, 6) is -1.14. The molecule has 22 heavy (non-hydrogen) atoms. The molecule has 0 fully saturated rings. The van der Waals surface area contributed by atoms with Gasteiger partial charge in [0.25, 0.3) is 5.69 Å². The van der Waals surface area contributed by atoms with E-state index in [1.807, 2.05) is 6.07 Å². The first-order valence-electron chi connectivity index (χ1n) is 6.41. The molecule has 1 aliphatic rings. The predicted molar refractivity (Wildman–Crippen MR) is 77.1 cm³/mol. The van der Waals surface area contributed by atoms with Crippen molar-refractivity contribution < 1.29 is 14.5 Å². The van der Waals surface area contributed by atoms with Crippen LogP contribution in [0.2, 0.25) is 0 Å². The van der Waals surface area contributed by atoms with E-state index in [0.29, 0.717) is 0 Å². The molecule has 7 heteroatoms. The smallest absolute Gasteiger partial charge is 0.273 e. The molecule has 2 rings (SSSR count). The Kier molecular flexibility index (Phi) is 3.95. The molecule has 2 N–H and O–H groups in total. The Morgan fingerprint density at radius 2 is 2.09 bits per heavy atom. The van der Waals surface area contributed by atoms with E-state index in [0.717, 1.165) is 0 Å². The molecule has 0 bridgehead atoms. The Balaban J connectivity index is 2.78. The third kappa shape index (κ3) is 2.42. The second-order valence-corrected chi connectivity index (χ2v) is 4.77. The zero-order valence-electron chi connectivity index (χ0n) is 12.0. The number of Topliss-reactive ketones (excluding diaryl/α,β-unsaturated/α-hetero) is 1. The highest BCUT2D eigenvalue weighted by atomic mass is 16.6. The van der Waals surface area contributed by atoms with Gasteiger partial charge in [-0.25, -0.2) is 0 Å². The normalized spacial score (nSPS) is 17.8. The van der Waals surface area contributed by atoms with Crippen molar-refractivity contribution in [2.24, 2.45) is 5.73 Å². The fourth-order valence-electron chi connectivity index (χ4n) is 2.54. The van der Waals surface area contributed by atoms with Crippen molar-refractivity contribution >= 4 is 11.5 Å². The molecule has 0 saturated heterocycles. The summed E-state index contributed by atoms with van der Waals surface area (Å²) in [6.45, 7) is 2.86. The van der Waals surface area contributed by atoms with E-state index in [1.54, 1.807) is 13.0 Å². The van der Waals surface area contributed by atoms with Gasteiger partial charge in [-0.2, -0.15) is 5.26 Å². The molecule has 0 amide bonds. The van der Waals surface area contributed by atoms with Crippen molar-refractivity contribution in [2.75, 3.05) is 0 Å². The number of allylic oxidation sites excluding steroid dienone is 3. The maximum Gasteiger partial charge on any atom is 0.273 e. The van der Waals surface area contributed by atoms with Crippen LogP contribution in [0.25, 0.3) is 0 Å². The molecule has 1 aliphatic heterocycles. The third-order valence-electron chi connectivity index (χ3n) is 3.43. The van der Waals surface area contributed by atoms with Crippen LogP contribution in [0.15, 0.2) is 47.1 Å². The standard InChI is InChI=1S/C15H13N3O4/c1-8(19)13-9(2)22-15(17)11(7-16)14(13)10-5-3-4-6-12(10)18(20)21/h3-6,14H,17H2,1-2H3. The van der Waals surface area contributed by atoms with E-state index < -0.39 is 10.8 Å². The fourth-order valence-corrected chi connectivity index (χ4v) is 2.54. The first-order chi connectivity index (χ1) is 10.4. The van der Waals surface area contributed by atoms with Crippen molar-refractivity contribution in [3.05, 3.63) is 62.7 Å². The summed E-state index contributed by atoms with van der Waals surface area (Å²) >= 11 is 0. The van der Waals surface area contributed by atoms with Crippen LogP contribution < -0.4 is 5.73 Å². The summed E-state index contributed by atoms with van der Waals surface area (Å²) in [6.07, 6.45) is 0. The largest absolute Gasteiger partial charge is 0.445 e. The number of nitrogens with zero attached hydrogens (tertiary/aromatic N) is 2. The number of rotatable bonds is 3. The number of hydrogen-bond acceptors (Lipinski definition) is 6. The van der Waals surface area contributed by atoms with Crippen molar-refractivity contribution in [3.8, 4) is 6.07 Å². The Bertz CT molecular complexity index is 771. The third-order valence-corrected chi connectivity index (χ3v) is 3.43. The number of para-hydroxylation sites is 1. The molecule has 7 nitrogen and oxygen atoms in total.